The van der Waals surface area contributed by atoms with E-state index in [0.29, 0.717) is 18.2 Å². The summed E-state index contributed by atoms with van der Waals surface area (Å²) >= 11 is 0. The van der Waals surface area contributed by atoms with Gasteiger partial charge in [-0.05, 0) is 49.9 Å². The molecular weight excluding hydrogens is 302 g/mol. The SMILES string of the molecule is CCn1c(C(=O)NCC(C)C)cc2cc(NC(=O)C3CC3)ccc21. The van der Waals surface area contributed by atoms with Crippen molar-refractivity contribution in [2.75, 3.05) is 11.9 Å². The van der Waals surface area contributed by atoms with Crippen LogP contribution in [0.1, 0.15) is 44.1 Å². The Kier molecular flexibility index (Phi) is 4.60. The summed E-state index contributed by atoms with van der Waals surface area (Å²) in [6, 6.07) is 7.73. The van der Waals surface area contributed by atoms with Gasteiger partial charge in [0.2, 0.25) is 5.91 Å². The molecule has 1 aromatic heterocycles. The van der Waals surface area contributed by atoms with Gasteiger partial charge in [-0.15, -0.1) is 0 Å². The van der Waals surface area contributed by atoms with E-state index in [4.69, 9.17) is 0 Å². The van der Waals surface area contributed by atoms with Crippen LogP contribution in [0.25, 0.3) is 10.9 Å². The molecule has 3 rings (SSSR count). The Hall–Kier alpha value is -2.30. The Bertz CT molecular complexity index is 772. The smallest absolute Gasteiger partial charge is 0.267 e. The van der Waals surface area contributed by atoms with E-state index in [1.54, 1.807) is 0 Å². The molecule has 0 atom stereocenters. The highest BCUT2D eigenvalue weighted by Gasteiger charge is 2.29. The van der Waals surface area contributed by atoms with Gasteiger partial charge in [0.15, 0.2) is 0 Å². The standard InChI is InChI=1S/C19H25N3O2/c1-4-22-16-8-7-15(21-18(23)13-5-6-13)9-14(16)10-17(22)19(24)20-11-12(2)3/h7-10,12-13H,4-6,11H2,1-3H3,(H,20,24)(H,21,23). The lowest BCUT2D eigenvalue weighted by Crippen LogP contribution is -2.29. The van der Waals surface area contributed by atoms with E-state index in [2.05, 4.69) is 24.5 Å². The van der Waals surface area contributed by atoms with Crippen molar-refractivity contribution in [2.24, 2.45) is 11.8 Å². The van der Waals surface area contributed by atoms with E-state index >= 15 is 0 Å². The third-order valence-corrected chi connectivity index (χ3v) is 4.34. The van der Waals surface area contributed by atoms with E-state index in [-0.39, 0.29) is 17.7 Å². The zero-order chi connectivity index (χ0) is 17.3. The van der Waals surface area contributed by atoms with E-state index in [9.17, 15) is 9.59 Å². The maximum Gasteiger partial charge on any atom is 0.267 e. The van der Waals surface area contributed by atoms with Gasteiger partial charge < -0.3 is 15.2 Å². The lowest BCUT2D eigenvalue weighted by Gasteiger charge is -2.10. The number of fused-ring (bicyclic) bond motifs is 1. The van der Waals surface area contributed by atoms with Crippen LogP contribution in [0.2, 0.25) is 0 Å². The van der Waals surface area contributed by atoms with Crippen LogP contribution in [0.3, 0.4) is 0 Å². The molecule has 0 aliphatic heterocycles. The summed E-state index contributed by atoms with van der Waals surface area (Å²) in [7, 11) is 0. The number of rotatable bonds is 6. The van der Waals surface area contributed by atoms with Gasteiger partial charge in [-0.2, -0.15) is 0 Å². The third kappa shape index (κ3) is 3.45. The van der Waals surface area contributed by atoms with E-state index in [0.717, 1.165) is 36.0 Å². The number of benzene rings is 1. The summed E-state index contributed by atoms with van der Waals surface area (Å²) < 4.78 is 2.01. The minimum Gasteiger partial charge on any atom is -0.351 e. The van der Waals surface area contributed by atoms with Gasteiger partial charge in [0.05, 0.1) is 0 Å². The predicted octanol–water partition coefficient (Wildman–Crippen LogP) is 3.40. The summed E-state index contributed by atoms with van der Waals surface area (Å²) in [5.74, 6) is 0.639. The molecule has 0 spiro atoms. The fourth-order valence-electron chi connectivity index (χ4n) is 2.85. The lowest BCUT2D eigenvalue weighted by atomic mass is 10.2. The molecule has 5 nitrogen and oxygen atoms in total. The fraction of sp³-hybridized carbons (Fsp3) is 0.474. The number of hydrogen-bond acceptors (Lipinski definition) is 2. The molecule has 24 heavy (non-hydrogen) atoms. The Morgan fingerprint density at radius 3 is 2.62 bits per heavy atom. The van der Waals surface area contributed by atoms with Gasteiger partial charge in [-0.25, -0.2) is 0 Å². The predicted molar refractivity (Wildman–Crippen MR) is 96.1 cm³/mol. The molecule has 1 saturated carbocycles. The van der Waals surface area contributed by atoms with Crippen molar-refractivity contribution in [3.63, 3.8) is 0 Å². The Morgan fingerprint density at radius 2 is 2.00 bits per heavy atom. The van der Waals surface area contributed by atoms with Crippen LogP contribution in [-0.4, -0.2) is 22.9 Å². The average molecular weight is 327 g/mol. The van der Waals surface area contributed by atoms with E-state index < -0.39 is 0 Å². The number of carbonyl (C=O) groups excluding carboxylic acids is 2. The van der Waals surface area contributed by atoms with Crippen molar-refractivity contribution in [1.29, 1.82) is 0 Å². The summed E-state index contributed by atoms with van der Waals surface area (Å²) in [4.78, 5) is 24.4. The van der Waals surface area contributed by atoms with Gasteiger partial charge in [-0.3, -0.25) is 9.59 Å². The summed E-state index contributed by atoms with van der Waals surface area (Å²) in [5.41, 5.74) is 2.47. The number of amides is 2. The largest absolute Gasteiger partial charge is 0.351 e. The van der Waals surface area contributed by atoms with Gasteiger partial charge in [0.1, 0.15) is 5.69 Å². The van der Waals surface area contributed by atoms with Crippen molar-refractivity contribution < 1.29 is 9.59 Å². The number of aryl methyl sites for hydroxylation is 1. The highest BCUT2D eigenvalue weighted by molar-refractivity contribution is 6.01. The van der Waals surface area contributed by atoms with Crippen molar-refractivity contribution in [3.05, 3.63) is 30.0 Å². The van der Waals surface area contributed by atoms with Crippen LogP contribution >= 0.6 is 0 Å². The number of nitrogens with one attached hydrogen (secondary N) is 2. The second-order valence-electron chi connectivity index (χ2n) is 6.91. The van der Waals surface area contributed by atoms with Gasteiger partial charge in [0.25, 0.3) is 5.91 Å². The molecular formula is C19H25N3O2. The molecule has 1 aliphatic rings. The van der Waals surface area contributed by atoms with Crippen molar-refractivity contribution >= 4 is 28.4 Å². The van der Waals surface area contributed by atoms with Crippen LogP contribution in [0.15, 0.2) is 24.3 Å². The monoisotopic (exact) mass is 327 g/mol. The van der Waals surface area contributed by atoms with E-state index in [1.807, 2.05) is 35.8 Å². The van der Waals surface area contributed by atoms with Gasteiger partial charge in [0, 0.05) is 35.6 Å². The molecule has 0 bridgehead atoms. The van der Waals surface area contributed by atoms with Crippen molar-refractivity contribution in [1.82, 2.24) is 9.88 Å². The Balaban J connectivity index is 1.86. The molecule has 5 heteroatoms. The molecule has 1 fully saturated rings. The zero-order valence-corrected chi connectivity index (χ0v) is 14.6. The first-order valence-electron chi connectivity index (χ1n) is 8.72. The van der Waals surface area contributed by atoms with Crippen molar-refractivity contribution in [3.8, 4) is 0 Å². The zero-order valence-electron chi connectivity index (χ0n) is 14.6. The van der Waals surface area contributed by atoms with Gasteiger partial charge >= 0.3 is 0 Å². The van der Waals surface area contributed by atoms with Crippen molar-refractivity contribution in [2.45, 2.75) is 40.2 Å². The summed E-state index contributed by atoms with van der Waals surface area (Å²) in [6.07, 6.45) is 1.97. The number of aromatic nitrogens is 1. The minimum atomic E-state index is -0.0506. The Morgan fingerprint density at radius 1 is 1.25 bits per heavy atom. The molecule has 2 aromatic rings. The molecule has 128 valence electrons. The molecule has 2 N–H and O–H groups in total. The summed E-state index contributed by atoms with van der Waals surface area (Å²) in [5, 5.41) is 6.91. The number of nitrogens with zero attached hydrogens (tertiary/aromatic N) is 1. The first-order chi connectivity index (χ1) is 11.5. The molecule has 0 radical (unpaired) electrons. The van der Waals surface area contributed by atoms with Crippen LogP contribution in [0, 0.1) is 11.8 Å². The first-order valence-corrected chi connectivity index (χ1v) is 8.72. The normalized spacial score (nSPS) is 14.2. The van der Waals surface area contributed by atoms with Crippen LogP contribution in [0.5, 0.6) is 0 Å². The lowest BCUT2D eigenvalue weighted by molar-refractivity contribution is -0.117. The van der Waals surface area contributed by atoms with Crippen LogP contribution in [-0.2, 0) is 11.3 Å². The molecule has 0 unspecified atom stereocenters. The minimum absolute atomic E-state index is 0.0506. The number of carbonyl (C=O) groups is 2. The van der Waals surface area contributed by atoms with E-state index in [1.165, 1.54) is 0 Å². The fourth-order valence-corrected chi connectivity index (χ4v) is 2.85. The molecule has 2 amide bonds. The molecule has 1 aliphatic carbocycles. The number of anilines is 1. The Labute approximate surface area is 142 Å². The average Bonchev–Trinajstić information content (AvgIpc) is 3.33. The highest BCUT2D eigenvalue weighted by atomic mass is 16.2. The third-order valence-electron chi connectivity index (χ3n) is 4.34. The maximum atomic E-state index is 12.5. The van der Waals surface area contributed by atoms with Gasteiger partial charge in [-0.1, -0.05) is 13.8 Å². The topological polar surface area (TPSA) is 63.1 Å². The van der Waals surface area contributed by atoms with Crippen LogP contribution in [0.4, 0.5) is 5.69 Å². The maximum absolute atomic E-state index is 12.5. The quantitative estimate of drug-likeness (QED) is 0.854. The molecule has 1 aromatic carbocycles. The summed E-state index contributed by atoms with van der Waals surface area (Å²) in [6.45, 7) is 7.56. The second-order valence-corrected chi connectivity index (χ2v) is 6.91. The number of hydrogen-bond donors (Lipinski definition) is 2. The molecule has 1 heterocycles. The second kappa shape index (κ2) is 6.67. The van der Waals surface area contributed by atoms with Crippen LogP contribution < -0.4 is 10.6 Å². The molecule has 0 saturated heterocycles. The highest BCUT2D eigenvalue weighted by Crippen LogP contribution is 2.31. The first kappa shape index (κ1) is 16.6.